The van der Waals surface area contributed by atoms with Crippen molar-refractivity contribution >= 4 is 21.8 Å². The summed E-state index contributed by atoms with van der Waals surface area (Å²) in [6.45, 7) is 2.05. The molecule has 0 fully saturated rings. The fourth-order valence-corrected chi connectivity index (χ4v) is 2.05. The Morgan fingerprint density at radius 1 is 1.07 bits per heavy atom. The van der Waals surface area contributed by atoms with Crippen LogP contribution in [0.1, 0.15) is 5.56 Å². The highest BCUT2D eigenvalue weighted by molar-refractivity contribution is 6.10. The molecule has 74 valence electrons. The van der Waals surface area contributed by atoms with E-state index in [0.29, 0.717) is 5.75 Å². The monoisotopic (exact) mass is 197 g/mol. The topological polar surface area (TPSA) is 36.0 Å². The van der Waals surface area contributed by atoms with Gasteiger partial charge in [-0.3, -0.25) is 0 Å². The van der Waals surface area contributed by atoms with E-state index in [1.165, 1.54) is 5.56 Å². The number of phenolic OH excluding ortho intramolecular Hbond substituents is 1. The molecule has 0 bridgehead atoms. The molecule has 0 saturated heterocycles. The van der Waals surface area contributed by atoms with Crippen LogP contribution in [0.3, 0.4) is 0 Å². The van der Waals surface area contributed by atoms with Gasteiger partial charge in [0, 0.05) is 16.3 Å². The van der Waals surface area contributed by atoms with Gasteiger partial charge in [0.1, 0.15) is 5.75 Å². The van der Waals surface area contributed by atoms with Crippen molar-refractivity contribution < 1.29 is 5.11 Å². The lowest BCUT2D eigenvalue weighted by molar-refractivity contribution is 0.482. The fourth-order valence-electron chi connectivity index (χ4n) is 2.05. The molecule has 3 aromatic rings. The number of aromatic nitrogens is 1. The molecule has 0 saturated carbocycles. The number of hydrogen-bond donors (Lipinski definition) is 2. The minimum Gasteiger partial charge on any atom is -0.507 e. The summed E-state index contributed by atoms with van der Waals surface area (Å²) in [4.78, 5) is 3.29. The number of hydrogen-bond acceptors (Lipinski definition) is 1. The molecule has 0 radical (unpaired) electrons. The smallest absolute Gasteiger partial charge is 0.125 e. The third-order valence-corrected chi connectivity index (χ3v) is 2.76. The normalized spacial score (nSPS) is 11.3. The lowest BCUT2D eigenvalue weighted by atomic mass is 10.1. The zero-order chi connectivity index (χ0) is 10.4. The van der Waals surface area contributed by atoms with Gasteiger partial charge in [-0.15, -0.1) is 0 Å². The van der Waals surface area contributed by atoms with E-state index in [1.807, 2.05) is 18.2 Å². The summed E-state index contributed by atoms with van der Waals surface area (Å²) in [5, 5.41) is 11.8. The Balaban J connectivity index is 2.61. The number of nitrogens with one attached hydrogen (secondary N) is 1. The lowest BCUT2D eigenvalue weighted by Gasteiger charge is -1.95. The van der Waals surface area contributed by atoms with E-state index < -0.39 is 0 Å². The molecule has 1 aromatic heterocycles. The first-order valence-electron chi connectivity index (χ1n) is 4.96. The number of H-pyrrole nitrogens is 1. The summed E-state index contributed by atoms with van der Waals surface area (Å²) >= 11 is 0. The van der Waals surface area contributed by atoms with Crippen molar-refractivity contribution in [3.05, 3.63) is 42.0 Å². The van der Waals surface area contributed by atoms with Crippen LogP contribution in [0, 0.1) is 6.92 Å². The van der Waals surface area contributed by atoms with Crippen LogP contribution in [0.15, 0.2) is 36.4 Å². The summed E-state index contributed by atoms with van der Waals surface area (Å²) in [6.07, 6.45) is 0. The van der Waals surface area contributed by atoms with Crippen molar-refractivity contribution in [3.63, 3.8) is 0 Å². The summed E-state index contributed by atoms with van der Waals surface area (Å²) in [6, 6.07) is 11.7. The van der Waals surface area contributed by atoms with Gasteiger partial charge in [0.05, 0.1) is 5.52 Å². The summed E-state index contributed by atoms with van der Waals surface area (Å²) < 4.78 is 0. The molecule has 0 atom stereocenters. The van der Waals surface area contributed by atoms with Gasteiger partial charge in [-0.2, -0.15) is 0 Å². The number of fused-ring (bicyclic) bond motifs is 3. The number of benzene rings is 2. The average Bonchev–Trinajstić information content (AvgIpc) is 2.57. The molecule has 0 aliphatic carbocycles. The third kappa shape index (κ3) is 1.11. The Hall–Kier alpha value is -1.96. The van der Waals surface area contributed by atoms with Gasteiger partial charge in [0.2, 0.25) is 0 Å². The number of rotatable bonds is 0. The quantitative estimate of drug-likeness (QED) is 0.569. The molecule has 2 heteroatoms. The van der Waals surface area contributed by atoms with Gasteiger partial charge in [0.15, 0.2) is 0 Å². The van der Waals surface area contributed by atoms with Gasteiger partial charge in [-0.05, 0) is 31.2 Å². The second-order valence-corrected chi connectivity index (χ2v) is 3.87. The maximum Gasteiger partial charge on any atom is 0.125 e. The second kappa shape index (κ2) is 2.76. The third-order valence-electron chi connectivity index (χ3n) is 2.76. The summed E-state index contributed by atoms with van der Waals surface area (Å²) in [5.41, 5.74) is 3.25. The summed E-state index contributed by atoms with van der Waals surface area (Å²) in [5.74, 6) is 0.337. The Morgan fingerprint density at radius 2 is 1.93 bits per heavy atom. The molecule has 0 unspecified atom stereocenters. The molecule has 3 rings (SSSR count). The summed E-state index contributed by atoms with van der Waals surface area (Å²) in [7, 11) is 0. The standard InChI is InChI=1S/C13H11NO/c1-8-5-6-10-9(7-8)13-11(14-10)3-2-4-12(13)15/h2-7,14-15H,1H3. The SMILES string of the molecule is Cc1ccc2[nH]c3cccc(O)c3c2c1. The highest BCUT2D eigenvalue weighted by Gasteiger charge is 2.07. The maximum atomic E-state index is 9.83. The highest BCUT2D eigenvalue weighted by atomic mass is 16.3. The zero-order valence-corrected chi connectivity index (χ0v) is 8.41. The predicted octanol–water partition coefficient (Wildman–Crippen LogP) is 3.34. The Bertz CT molecular complexity index is 652. The molecule has 15 heavy (non-hydrogen) atoms. The van der Waals surface area contributed by atoms with Crippen molar-refractivity contribution in [2.45, 2.75) is 6.92 Å². The van der Waals surface area contributed by atoms with E-state index in [2.05, 4.69) is 24.0 Å². The van der Waals surface area contributed by atoms with E-state index >= 15 is 0 Å². The molecule has 0 amide bonds. The minimum absolute atomic E-state index is 0.337. The van der Waals surface area contributed by atoms with Crippen molar-refractivity contribution in [1.29, 1.82) is 0 Å². The maximum absolute atomic E-state index is 9.83. The Morgan fingerprint density at radius 3 is 2.80 bits per heavy atom. The molecule has 0 aliphatic rings. The van der Waals surface area contributed by atoms with Crippen LogP contribution < -0.4 is 0 Å². The first kappa shape index (κ1) is 8.36. The van der Waals surface area contributed by atoms with Gasteiger partial charge in [-0.25, -0.2) is 0 Å². The van der Waals surface area contributed by atoms with E-state index in [1.54, 1.807) is 6.07 Å². The van der Waals surface area contributed by atoms with Crippen LogP contribution in [-0.4, -0.2) is 10.1 Å². The zero-order valence-electron chi connectivity index (χ0n) is 8.41. The van der Waals surface area contributed by atoms with Crippen LogP contribution >= 0.6 is 0 Å². The first-order chi connectivity index (χ1) is 7.25. The highest BCUT2D eigenvalue weighted by Crippen LogP contribution is 2.32. The van der Waals surface area contributed by atoms with Crippen LogP contribution in [-0.2, 0) is 0 Å². The molecular weight excluding hydrogens is 186 g/mol. The molecule has 1 heterocycles. The lowest BCUT2D eigenvalue weighted by Crippen LogP contribution is -1.71. The molecule has 2 N–H and O–H groups in total. The predicted molar refractivity (Wildman–Crippen MR) is 62.2 cm³/mol. The van der Waals surface area contributed by atoms with Crippen molar-refractivity contribution in [2.75, 3.05) is 0 Å². The number of phenols is 1. The van der Waals surface area contributed by atoms with Crippen LogP contribution in [0.25, 0.3) is 21.8 Å². The van der Waals surface area contributed by atoms with Gasteiger partial charge < -0.3 is 10.1 Å². The number of aromatic hydroxyl groups is 1. The van der Waals surface area contributed by atoms with Crippen molar-refractivity contribution in [2.24, 2.45) is 0 Å². The molecule has 2 nitrogen and oxygen atoms in total. The van der Waals surface area contributed by atoms with Crippen molar-refractivity contribution in [1.82, 2.24) is 4.98 Å². The molecular formula is C13H11NO. The second-order valence-electron chi connectivity index (χ2n) is 3.87. The largest absolute Gasteiger partial charge is 0.507 e. The average molecular weight is 197 g/mol. The molecule has 2 aromatic carbocycles. The van der Waals surface area contributed by atoms with Crippen LogP contribution in [0.2, 0.25) is 0 Å². The Labute approximate surface area is 87.2 Å². The van der Waals surface area contributed by atoms with Gasteiger partial charge >= 0.3 is 0 Å². The van der Waals surface area contributed by atoms with Gasteiger partial charge in [0.25, 0.3) is 0 Å². The van der Waals surface area contributed by atoms with Crippen LogP contribution in [0.5, 0.6) is 5.75 Å². The van der Waals surface area contributed by atoms with E-state index in [4.69, 9.17) is 0 Å². The fraction of sp³-hybridized carbons (Fsp3) is 0.0769. The van der Waals surface area contributed by atoms with E-state index in [0.717, 1.165) is 21.8 Å². The van der Waals surface area contributed by atoms with Crippen molar-refractivity contribution in [3.8, 4) is 5.75 Å². The number of aromatic amines is 1. The van der Waals surface area contributed by atoms with Gasteiger partial charge in [-0.1, -0.05) is 17.7 Å². The molecule has 0 spiro atoms. The molecule has 0 aliphatic heterocycles. The van der Waals surface area contributed by atoms with E-state index in [9.17, 15) is 5.11 Å². The number of aryl methyl sites for hydroxylation is 1. The Kier molecular flexibility index (Phi) is 1.54. The van der Waals surface area contributed by atoms with Crippen LogP contribution in [0.4, 0.5) is 0 Å². The first-order valence-corrected chi connectivity index (χ1v) is 4.96. The minimum atomic E-state index is 0.337. The van der Waals surface area contributed by atoms with E-state index in [-0.39, 0.29) is 0 Å².